The van der Waals surface area contributed by atoms with Gasteiger partial charge in [-0.15, -0.1) is 0 Å². The lowest BCUT2D eigenvalue weighted by molar-refractivity contribution is 0.146. The Morgan fingerprint density at radius 1 is 1.11 bits per heavy atom. The molecule has 0 aliphatic heterocycles. The van der Waals surface area contributed by atoms with Gasteiger partial charge in [-0.2, -0.15) is 0 Å². The van der Waals surface area contributed by atoms with Gasteiger partial charge in [0.25, 0.3) is 10.0 Å². The van der Waals surface area contributed by atoms with Crippen molar-refractivity contribution in [2.24, 2.45) is 0 Å². The highest BCUT2D eigenvalue weighted by Crippen LogP contribution is 2.28. The van der Waals surface area contributed by atoms with Crippen LogP contribution in [0.3, 0.4) is 0 Å². The second-order valence-electron chi connectivity index (χ2n) is 6.05. The van der Waals surface area contributed by atoms with Gasteiger partial charge in [-0.05, 0) is 55.0 Å². The fourth-order valence-corrected chi connectivity index (χ4v) is 4.11. The summed E-state index contributed by atoms with van der Waals surface area (Å²) in [5.41, 5.74) is 0.719. The van der Waals surface area contributed by atoms with Crippen LogP contribution in [-0.4, -0.2) is 33.7 Å². The van der Waals surface area contributed by atoms with Crippen molar-refractivity contribution >= 4 is 15.8 Å². The molecule has 0 saturated heterocycles. The molecule has 0 amide bonds. The Morgan fingerprint density at radius 2 is 1.96 bits per heavy atom. The molecule has 0 spiro atoms. The molecule has 8 heteroatoms. The topological polar surface area (TPSA) is 81.9 Å². The zero-order valence-electron chi connectivity index (χ0n) is 15.7. The molecule has 148 valence electrons. The molecule has 2 aromatic heterocycles. The molecule has 28 heavy (non-hydrogen) atoms. The summed E-state index contributed by atoms with van der Waals surface area (Å²) in [6.07, 6.45) is 3.06. The number of furan rings is 1. The smallest absolute Gasteiger partial charge is 0.265 e. The van der Waals surface area contributed by atoms with Crippen LogP contribution in [0.15, 0.2) is 70.3 Å². The fraction of sp³-hybridized carbons (Fsp3) is 0.250. The zero-order chi connectivity index (χ0) is 20.0. The lowest BCUT2D eigenvalue weighted by Crippen LogP contribution is -2.31. The summed E-state index contributed by atoms with van der Waals surface area (Å²) in [6, 6.07) is 13.3. The molecule has 0 aliphatic carbocycles. The largest absolute Gasteiger partial charge is 0.491 e. The third kappa shape index (κ3) is 4.52. The monoisotopic (exact) mass is 402 g/mol. The molecule has 7 nitrogen and oxygen atoms in total. The van der Waals surface area contributed by atoms with Crippen molar-refractivity contribution < 1.29 is 22.3 Å². The Labute approximate surface area is 164 Å². The SMILES string of the molecule is COCCOc1ccc(S(=O)(=O)N(Cc2ccco2)c2ccccn2)cc1C. The molecule has 3 aromatic rings. The Morgan fingerprint density at radius 3 is 2.61 bits per heavy atom. The van der Waals surface area contributed by atoms with Gasteiger partial charge in [0, 0.05) is 13.3 Å². The number of benzene rings is 1. The molecule has 0 fully saturated rings. The third-order valence-electron chi connectivity index (χ3n) is 4.06. The van der Waals surface area contributed by atoms with E-state index in [1.54, 1.807) is 62.7 Å². The Hall–Kier alpha value is -2.84. The molecule has 0 radical (unpaired) electrons. The summed E-state index contributed by atoms with van der Waals surface area (Å²) < 4.78 is 43.9. The third-order valence-corrected chi connectivity index (χ3v) is 5.81. The van der Waals surface area contributed by atoms with E-state index in [-0.39, 0.29) is 11.4 Å². The van der Waals surface area contributed by atoms with Gasteiger partial charge in [0.05, 0.1) is 24.3 Å². The van der Waals surface area contributed by atoms with Crippen molar-refractivity contribution in [2.45, 2.75) is 18.4 Å². The number of anilines is 1. The molecule has 1 aromatic carbocycles. The van der Waals surface area contributed by atoms with E-state index >= 15 is 0 Å². The quantitative estimate of drug-likeness (QED) is 0.510. The van der Waals surface area contributed by atoms with Gasteiger partial charge in [0.15, 0.2) is 0 Å². The van der Waals surface area contributed by atoms with E-state index in [9.17, 15) is 8.42 Å². The lowest BCUT2D eigenvalue weighted by Gasteiger charge is -2.23. The van der Waals surface area contributed by atoms with Crippen LogP contribution < -0.4 is 9.04 Å². The molecule has 0 N–H and O–H groups in total. The van der Waals surface area contributed by atoms with Crippen molar-refractivity contribution in [3.63, 3.8) is 0 Å². The van der Waals surface area contributed by atoms with Crippen LogP contribution in [0.4, 0.5) is 5.82 Å². The summed E-state index contributed by atoms with van der Waals surface area (Å²) in [4.78, 5) is 4.36. The Balaban J connectivity index is 1.94. The van der Waals surface area contributed by atoms with E-state index < -0.39 is 10.0 Å². The Bertz CT molecular complexity index is 989. The van der Waals surface area contributed by atoms with Crippen LogP contribution >= 0.6 is 0 Å². The first-order chi connectivity index (χ1) is 13.5. The molecule has 0 bridgehead atoms. The number of hydrogen-bond acceptors (Lipinski definition) is 6. The first-order valence-corrected chi connectivity index (χ1v) is 10.1. The number of hydrogen-bond donors (Lipinski definition) is 0. The molecular formula is C20H22N2O5S. The van der Waals surface area contributed by atoms with Crippen LogP contribution in [0, 0.1) is 6.92 Å². The molecule has 3 rings (SSSR count). The normalized spacial score (nSPS) is 11.4. The highest BCUT2D eigenvalue weighted by atomic mass is 32.2. The predicted molar refractivity (Wildman–Crippen MR) is 105 cm³/mol. The van der Waals surface area contributed by atoms with E-state index in [2.05, 4.69) is 4.98 Å². The summed E-state index contributed by atoms with van der Waals surface area (Å²) in [7, 11) is -2.27. The standard InChI is InChI=1S/C20H22N2O5S/c1-16-14-18(8-9-19(16)27-13-12-25-2)28(23,24)22(15-17-6-5-11-26-17)20-7-3-4-10-21-20/h3-11,14H,12-13,15H2,1-2H3. The van der Waals surface area contributed by atoms with E-state index in [0.717, 1.165) is 5.56 Å². The van der Waals surface area contributed by atoms with Crippen molar-refractivity contribution in [1.82, 2.24) is 4.98 Å². The van der Waals surface area contributed by atoms with E-state index in [4.69, 9.17) is 13.9 Å². The number of methoxy groups -OCH3 is 1. The second-order valence-corrected chi connectivity index (χ2v) is 7.91. The average molecular weight is 402 g/mol. The Kier molecular flexibility index (Phi) is 6.33. The fourth-order valence-electron chi connectivity index (χ4n) is 2.64. The summed E-state index contributed by atoms with van der Waals surface area (Å²) in [5, 5.41) is 0. The lowest BCUT2D eigenvalue weighted by atomic mass is 10.2. The number of sulfonamides is 1. The highest BCUT2D eigenvalue weighted by molar-refractivity contribution is 7.92. The minimum atomic E-state index is -3.86. The van der Waals surface area contributed by atoms with E-state index in [1.807, 2.05) is 0 Å². The average Bonchev–Trinajstić information content (AvgIpc) is 3.21. The first-order valence-electron chi connectivity index (χ1n) is 8.71. The van der Waals surface area contributed by atoms with Gasteiger partial charge in [-0.25, -0.2) is 17.7 Å². The first kappa shape index (κ1) is 19.9. The van der Waals surface area contributed by atoms with Gasteiger partial charge >= 0.3 is 0 Å². The van der Waals surface area contributed by atoms with Crippen molar-refractivity contribution in [3.8, 4) is 5.75 Å². The number of nitrogens with zero attached hydrogens (tertiary/aromatic N) is 2. The maximum Gasteiger partial charge on any atom is 0.265 e. The maximum absolute atomic E-state index is 13.4. The van der Waals surface area contributed by atoms with Crippen LogP contribution in [-0.2, 0) is 21.3 Å². The molecule has 0 unspecified atom stereocenters. The van der Waals surface area contributed by atoms with E-state index in [0.29, 0.717) is 30.5 Å². The summed E-state index contributed by atoms with van der Waals surface area (Å²) in [5.74, 6) is 1.45. The number of rotatable bonds is 9. The molecule has 0 aliphatic rings. The number of aromatic nitrogens is 1. The minimum absolute atomic E-state index is 0.0392. The van der Waals surface area contributed by atoms with Crippen LogP contribution in [0.5, 0.6) is 5.75 Å². The van der Waals surface area contributed by atoms with Gasteiger partial charge < -0.3 is 13.9 Å². The van der Waals surface area contributed by atoms with Crippen LogP contribution in [0.2, 0.25) is 0 Å². The molecule has 0 saturated carbocycles. The predicted octanol–water partition coefficient (Wildman–Crippen LogP) is 3.40. The maximum atomic E-state index is 13.4. The van der Waals surface area contributed by atoms with E-state index in [1.165, 1.54) is 16.6 Å². The van der Waals surface area contributed by atoms with Crippen molar-refractivity contribution in [2.75, 3.05) is 24.6 Å². The molecule has 2 heterocycles. The highest BCUT2D eigenvalue weighted by Gasteiger charge is 2.27. The molecule has 0 atom stereocenters. The second kappa shape index (κ2) is 8.90. The summed E-state index contributed by atoms with van der Waals surface area (Å²) >= 11 is 0. The van der Waals surface area contributed by atoms with Gasteiger partial charge in [0.2, 0.25) is 0 Å². The van der Waals surface area contributed by atoms with Gasteiger partial charge in [-0.3, -0.25) is 0 Å². The summed E-state index contributed by atoms with van der Waals surface area (Å²) in [6.45, 7) is 2.69. The van der Waals surface area contributed by atoms with Gasteiger partial charge in [0.1, 0.15) is 23.9 Å². The van der Waals surface area contributed by atoms with Crippen molar-refractivity contribution in [1.29, 1.82) is 0 Å². The minimum Gasteiger partial charge on any atom is -0.491 e. The van der Waals surface area contributed by atoms with Crippen LogP contribution in [0.25, 0.3) is 0 Å². The number of pyridine rings is 1. The molecular weight excluding hydrogens is 380 g/mol. The number of aryl methyl sites for hydroxylation is 1. The zero-order valence-corrected chi connectivity index (χ0v) is 16.6. The van der Waals surface area contributed by atoms with Crippen molar-refractivity contribution in [3.05, 3.63) is 72.3 Å². The van der Waals surface area contributed by atoms with Gasteiger partial charge in [-0.1, -0.05) is 6.07 Å². The van der Waals surface area contributed by atoms with Crippen LogP contribution in [0.1, 0.15) is 11.3 Å². The number of ether oxygens (including phenoxy) is 2.